The lowest BCUT2D eigenvalue weighted by molar-refractivity contribution is -0.141. The fourth-order valence-electron chi connectivity index (χ4n) is 3.48. The maximum atomic E-state index is 12.7. The van der Waals surface area contributed by atoms with Gasteiger partial charge < -0.3 is 14.1 Å². The Labute approximate surface area is 158 Å². The normalized spacial score (nSPS) is 19.7. The van der Waals surface area contributed by atoms with E-state index in [0.717, 1.165) is 5.39 Å². The van der Waals surface area contributed by atoms with Gasteiger partial charge in [0.2, 0.25) is 5.76 Å². The van der Waals surface area contributed by atoms with Crippen molar-refractivity contribution < 1.29 is 27.2 Å². The number of esters is 1. The zero-order valence-corrected chi connectivity index (χ0v) is 16.4. The second-order valence-electron chi connectivity index (χ2n) is 6.78. The molecule has 2 atom stereocenters. The smallest absolute Gasteiger partial charge is 0.375 e. The molecule has 0 unspecified atom stereocenters. The van der Waals surface area contributed by atoms with Gasteiger partial charge in [0.25, 0.3) is 5.91 Å². The highest BCUT2D eigenvalue weighted by molar-refractivity contribution is 7.91. The van der Waals surface area contributed by atoms with E-state index < -0.39 is 27.8 Å². The molecule has 1 aliphatic rings. The van der Waals surface area contributed by atoms with E-state index in [-0.39, 0.29) is 23.3 Å². The fourth-order valence-corrected chi connectivity index (χ4v) is 5.21. The van der Waals surface area contributed by atoms with Crippen molar-refractivity contribution in [3.05, 3.63) is 35.6 Å². The Hall–Kier alpha value is -2.35. The molecule has 27 heavy (non-hydrogen) atoms. The van der Waals surface area contributed by atoms with Gasteiger partial charge in [-0.15, -0.1) is 0 Å². The number of likely N-dealkylation sites (N-methyl/N-ethyl adjacent to an activating group) is 1. The quantitative estimate of drug-likeness (QED) is 0.724. The number of fused-ring (bicyclic) bond motifs is 1. The Morgan fingerprint density at radius 3 is 2.63 bits per heavy atom. The van der Waals surface area contributed by atoms with Gasteiger partial charge >= 0.3 is 5.97 Å². The van der Waals surface area contributed by atoms with Crippen LogP contribution in [0.25, 0.3) is 11.0 Å². The van der Waals surface area contributed by atoms with E-state index in [4.69, 9.17) is 9.15 Å². The number of nitrogens with zero attached hydrogens (tertiary/aromatic N) is 1. The molecule has 0 aliphatic carbocycles. The molecule has 1 aromatic heterocycles. The summed E-state index contributed by atoms with van der Waals surface area (Å²) < 4.78 is 34.3. The van der Waals surface area contributed by atoms with E-state index in [2.05, 4.69) is 0 Å². The van der Waals surface area contributed by atoms with Crippen molar-refractivity contribution in [2.45, 2.75) is 39.3 Å². The molecule has 0 bridgehead atoms. The Balaban J connectivity index is 1.73. The molecule has 0 spiro atoms. The lowest BCUT2D eigenvalue weighted by Gasteiger charge is -2.29. The maximum absolute atomic E-state index is 12.7. The third-order valence-corrected chi connectivity index (χ3v) is 6.68. The van der Waals surface area contributed by atoms with Gasteiger partial charge in [-0.3, -0.25) is 4.79 Å². The van der Waals surface area contributed by atoms with Gasteiger partial charge in [-0.25, -0.2) is 13.2 Å². The van der Waals surface area contributed by atoms with Crippen LogP contribution in [0.4, 0.5) is 0 Å². The SMILES string of the molecule is CCN(C(=O)[C@@H](C)OC(=O)c1oc2ccccc2c1C)[C@@H]1CCS(=O)(=O)C1. The number of hydrogen-bond donors (Lipinski definition) is 0. The molecular formula is C19H23NO6S. The molecule has 1 aromatic carbocycles. The molecule has 0 saturated carbocycles. The summed E-state index contributed by atoms with van der Waals surface area (Å²) in [6, 6.07) is 6.88. The largest absolute Gasteiger partial charge is 0.449 e. The van der Waals surface area contributed by atoms with Crippen molar-refractivity contribution in [2.24, 2.45) is 0 Å². The van der Waals surface area contributed by atoms with Crippen LogP contribution >= 0.6 is 0 Å². The summed E-state index contributed by atoms with van der Waals surface area (Å²) in [7, 11) is -3.11. The number of ether oxygens (including phenoxy) is 1. The molecule has 1 aliphatic heterocycles. The van der Waals surface area contributed by atoms with Crippen molar-refractivity contribution in [1.82, 2.24) is 4.90 Å². The summed E-state index contributed by atoms with van der Waals surface area (Å²) >= 11 is 0. The number of amides is 1. The molecule has 8 heteroatoms. The molecule has 0 N–H and O–H groups in total. The standard InChI is InChI=1S/C19H23NO6S/c1-4-20(14-9-10-27(23,24)11-14)18(21)13(3)25-19(22)17-12(2)15-7-5-6-8-16(15)26-17/h5-8,13-14H,4,9-11H2,1-3H3/t13-,14-/m1/s1. The van der Waals surface area contributed by atoms with Crippen LogP contribution in [0.3, 0.4) is 0 Å². The molecule has 0 radical (unpaired) electrons. The minimum atomic E-state index is -3.11. The van der Waals surface area contributed by atoms with E-state index in [0.29, 0.717) is 24.1 Å². The number of hydrogen-bond acceptors (Lipinski definition) is 6. The van der Waals surface area contributed by atoms with Crippen molar-refractivity contribution in [3.8, 4) is 0 Å². The molecule has 1 fully saturated rings. The molecule has 3 rings (SSSR count). The van der Waals surface area contributed by atoms with Gasteiger partial charge in [0.15, 0.2) is 15.9 Å². The van der Waals surface area contributed by atoms with Crippen LogP contribution in [0.1, 0.15) is 36.4 Å². The number of benzene rings is 1. The second kappa shape index (κ2) is 7.34. The van der Waals surface area contributed by atoms with Gasteiger partial charge in [-0.05, 0) is 33.3 Å². The first kappa shape index (κ1) is 19.4. The number of sulfone groups is 1. The topological polar surface area (TPSA) is 93.9 Å². The lowest BCUT2D eigenvalue weighted by Crippen LogP contribution is -2.46. The minimum absolute atomic E-state index is 0.0457. The van der Waals surface area contributed by atoms with Gasteiger partial charge in [-0.2, -0.15) is 0 Å². The Kier molecular flexibility index (Phi) is 5.28. The molecule has 2 aromatic rings. The monoisotopic (exact) mass is 393 g/mol. The number of carbonyl (C=O) groups is 2. The van der Waals surface area contributed by atoms with E-state index in [1.165, 1.54) is 11.8 Å². The van der Waals surface area contributed by atoms with Crippen molar-refractivity contribution in [2.75, 3.05) is 18.1 Å². The first-order valence-electron chi connectivity index (χ1n) is 8.93. The molecule has 1 amide bonds. The van der Waals surface area contributed by atoms with Crippen molar-refractivity contribution >= 4 is 32.7 Å². The summed E-state index contributed by atoms with van der Waals surface area (Å²) in [5, 5.41) is 0.815. The molecule has 1 saturated heterocycles. The van der Waals surface area contributed by atoms with Gasteiger partial charge in [-0.1, -0.05) is 18.2 Å². The van der Waals surface area contributed by atoms with Gasteiger partial charge in [0.05, 0.1) is 11.5 Å². The predicted molar refractivity (Wildman–Crippen MR) is 100 cm³/mol. The zero-order valence-electron chi connectivity index (χ0n) is 15.6. The Bertz CT molecular complexity index is 977. The lowest BCUT2D eigenvalue weighted by atomic mass is 10.1. The third kappa shape index (κ3) is 3.85. The summed E-state index contributed by atoms with van der Waals surface area (Å²) in [5.41, 5.74) is 1.23. The molecule has 2 heterocycles. The van der Waals surface area contributed by atoms with Crippen LogP contribution in [0, 0.1) is 6.92 Å². The van der Waals surface area contributed by atoms with Crippen molar-refractivity contribution in [3.63, 3.8) is 0 Å². The first-order valence-corrected chi connectivity index (χ1v) is 10.8. The summed E-state index contributed by atoms with van der Waals surface area (Å²) in [4.78, 5) is 26.7. The number of rotatable bonds is 5. The van der Waals surface area contributed by atoms with E-state index in [9.17, 15) is 18.0 Å². The second-order valence-corrected chi connectivity index (χ2v) is 9.01. The van der Waals surface area contributed by atoms with Crippen LogP contribution in [-0.2, 0) is 19.4 Å². The molecule has 146 valence electrons. The number of furan rings is 1. The van der Waals surface area contributed by atoms with E-state index in [1.807, 2.05) is 12.1 Å². The third-order valence-electron chi connectivity index (χ3n) is 4.93. The average molecular weight is 393 g/mol. The summed E-state index contributed by atoms with van der Waals surface area (Å²) in [5.74, 6) is -1.01. The minimum Gasteiger partial charge on any atom is -0.449 e. The van der Waals surface area contributed by atoms with Crippen LogP contribution in [0.2, 0.25) is 0 Å². The Morgan fingerprint density at radius 1 is 1.33 bits per heavy atom. The number of para-hydroxylation sites is 1. The predicted octanol–water partition coefficient (Wildman–Crippen LogP) is 2.32. The average Bonchev–Trinajstić information content (AvgIpc) is 3.15. The molecular weight excluding hydrogens is 370 g/mol. The van der Waals surface area contributed by atoms with Crippen LogP contribution < -0.4 is 0 Å². The van der Waals surface area contributed by atoms with E-state index in [1.54, 1.807) is 26.0 Å². The highest BCUT2D eigenvalue weighted by atomic mass is 32.2. The number of aryl methyl sites for hydroxylation is 1. The molecule has 7 nitrogen and oxygen atoms in total. The zero-order chi connectivity index (χ0) is 19.8. The first-order chi connectivity index (χ1) is 12.7. The maximum Gasteiger partial charge on any atom is 0.375 e. The van der Waals surface area contributed by atoms with Gasteiger partial charge in [0, 0.05) is 23.5 Å². The van der Waals surface area contributed by atoms with Crippen LogP contribution in [0.5, 0.6) is 0 Å². The van der Waals surface area contributed by atoms with Crippen molar-refractivity contribution in [1.29, 1.82) is 0 Å². The van der Waals surface area contributed by atoms with Crippen LogP contribution in [-0.4, -0.2) is 55.4 Å². The fraction of sp³-hybridized carbons (Fsp3) is 0.474. The van der Waals surface area contributed by atoms with E-state index >= 15 is 0 Å². The highest BCUT2D eigenvalue weighted by Gasteiger charge is 2.36. The summed E-state index contributed by atoms with van der Waals surface area (Å²) in [6.07, 6.45) is -0.626. The Morgan fingerprint density at radius 2 is 2.04 bits per heavy atom. The van der Waals surface area contributed by atoms with Crippen LogP contribution in [0.15, 0.2) is 28.7 Å². The van der Waals surface area contributed by atoms with Gasteiger partial charge in [0.1, 0.15) is 5.58 Å². The summed E-state index contributed by atoms with van der Waals surface area (Å²) in [6.45, 7) is 5.38. The highest BCUT2D eigenvalue weighted by Crippen LogP contribution is 2.26. The number of carbonyl (C=O) groups excluding carboxylic acids is 2.